The van der Waals surface area contributed by atoms with E-state index in [-0.39, 0.29) is 5.75 Å². The van der Waals surface area contributed by atoms with Crippen LogP contribution in [0, 0.1) is 5.92 Å². The molecular formula is C14H16ClN3O2S. The summed E-state index contributed by atoms with van der Waals surface area (Å²) in [5.74, 6) is -0.300. The van der Waals surface area contributed by atoms with E-state index in [1.807, 2.05) is 0 Å². The maximum Gasteiger partial charge on any atom is 0.313 e. The first kappa shape index (κ1) is 14.7. The lowest BCUT2D eigenvalue weighted by Crippen LogP contribution is -2.14. The third kappa shape index (κ3) is 2.87. The van der Waals surface area contributed by atoms with Crippen LogP contribution in [0.15, 0.2) is 17.4 Å². The Bertz CT molecular complexity index is 688. The Morgan fingerprint density at radius 1 is 1.57 bits per heavy atom. The van der Waals surface area contributed by atoms with E-state index in [9.17, 15) is 4.79 Å². The first-order valence-electron chi connectivity index (χ1n) is 6.94. The SMILES string of the molecule is CC1CCCC1n1c(SCC(=O)O)nc2cc(Cl)cnc21. The van der Waals surface area contributed by atoms with Gasteiger partial charge in [-0.25, -0.2) is 9.97 Å². The van der Waals surface area contributed by atoms with Crippen molar-refractivity contribution in [3.8, 4) is 0 Å². The summed E-state index contributed by atoms with van der Waals surface area (Å²) in [7, 11) is 0. The van der Waals surface area contributed by atoms with Gasteiger partial charge in [0.25, 0.3) is 0 Å². The van der Waals surface area contributed by atoms with Crippen molar-refractivity contribution in [2.24, 2.45) is 5.92 Å². The molecule has 5 nitrogen and oxygen atoms in total. The fourth-order valence-corrected chi connectivity index (χ4v) is 3.90. The molecule has 0 radical (unpaired) electrons. The molecule has 1 saturated carbocycles. The molecule has 1 aliphatic rings. The largest absolute Gasteiger partial charge is 0.481 e. The van der Waals surface area contributed by atoms with Gasteiger partial charge in [0.05, 0.1) is 10.8 Å². The minimum atomic E-state index is -0.843. The van der Waals surface area contributed by atoms with Crippen molar-refractivity contribution >= 4 is 40.5 Å². The topological polar surface area (TPSA) is 68.0 Å². The fourth-order valence-electron chi connectivity index (χ4n) is 2.97. The van der Waals surface area contributed by atoms with Crippen LogP contribution in [0.4, 0.5) is 0 Å². The highest BCUT2D eigenvalue weighted by Gasteiger charge is 2.29. The van der Waals surface area contributed by atoms with E-state index in [1.54, 1.807) is 12.3 Å². The standard InChI is InChI=1S/C14H16ClN3O2S/c1-8-3-2-4-11(8)18-13-10(5-9(15)6-16-13)17-14(18)21-7-12(19)20/h5-6,8,11H,2-4,7H2,1H3,(H,19,20). The van der Waals surface area contributed by atoms with Gasteiger partial charge in [0.2, 0.25) is 0 Å². The Labute approximate surface area is 131 Å². The van der Waals surface area contributed by atoms with Crippen LogP contribution in [-0.2, 0) is 4.79 Å². The van der Waals surface area contributed by atoms with Crippen molar-refractivity contribution in [2.75, 3.05) is 5.75 Å². The van der Waals surface area contributed by atoms with Crippen molar-refractivity contribution in [3.05, 3.63) is 17.3 Å². The minimum Gasteiger partial charge on any atom is -0.481 e. The third-order valence-corrected chi connectivity index (χ3v) is 5.08. The molecule has 2 unspecified atom stereocenters. The highest BCUT2D eigenvalue weighted by atomic mass is 35.5. The highest BCUT2D eigenvalue weighted by Crippen LogP contribution is 2.40. The molecule has 1 fully saturated rings. The molecule has 0 amide bonds. The maximum absolute atomic E-state index is 10.8. The number of carboxylic acids is 1. The first-order valence-corrected chi connectivity index (χ1v) is 8.30. The molecule has 1 aliphatic carbocycles. The number of rotatable bonds is 4. The van der Waals surface area contributed by atoms with E-state index in [4.69, 9.17) is 16.7 Å². The van der Waals surface area contributed by atoms with Gasteiger partial charge in [0, 0.05) is 12.2 Å². The summed E-state index contributed by atoms with van der Waals surface area (Å²) in [6.07, 6.45) is 5.06. The van der Waals surface area contributed by atoms with Gasteiger partial charge in [0.15, 0.2) is 10.8 Å². The van der Waals surface area contributed by atoms with Crippen molar-refractivity contribution in [1.82, 2.24) is 14.5 Å². The van der Waals surface area contributed by atoms with Gasteiger partial charge in [-0.15, -0.1) is 0 Å². The number of carbonyl (C=O) groups is 1. The van der Waals surface area contributed by atoms with E-state index in [1.165, 1.54) is 24.6 Å². The average molecular weight is 326 g/mol. The number of fused-ring (bicyclic) bond motifs is 1. The highest BCUT2D eigenvalue weighted by molar-refractivity contribution is 7.99. The Morgan fingerprint density at radius 2 is 2.38 bits per heavy atom. The van der Waals surface area contributed by atoms with Crippen LogP contribution in [0.2, 0.25) is 5.02 Å². The maximum atomic E-state index is 10.8. The quantitative estimate of drug-likeness (QED) is 0.869. The van der Waals surface area contributed by atoms with Crippen LogP contribution >= 0.6 is 23.4 Å². The molecule has 21 heavy (non-hydrogen) atoms. The molecule has 7 heteroatoms. The summed E-state index contributed by atoms with van der Waals surface area (Å²) in [5, 5.41) is 10.2. The Hall–Kier alpha value is -1.27. The van der Waals surface area contributed by atoms with Gasteiger partial charge >= 0.3 is 5.97 Å². The van der Waals surface area contributed by atoms with Crippen LogP contribution in [-0.4, -0.2) is 31.4 Å². The number of nitrogens with zero attached hydrogens (tertiary/aromatic N) is 3. The lowest BCUT2D eigenvalue weighted by molar-refractivity contribution is -0.133. The van der Waals surface area contributed by atoms with Gasteiger partial charge < -0.3 is 9.67 Å². The molecule has 2 aromatic rings. The number of carboxylic acid groups (broad SMARTS) is 1. The third-order valence-electron chi connectivity index (χ3n) is 3.94. The normalized spacial score (nSPS) is 22.0. The Kier molecular flexibility index (Phi) is 4.08. The predicted octanol–water partition coefficient (Wildman–Crippen LogP) is 3.62. The smallest absolute Gasteiger partial charge is 0.313 e. The second-order valence-corrected chi connectivity index (χ2v) is 6.80. The summed E-state index contributed by atoms with van der Waals surface area (Å²) in [5.41, 5.74) is 1.53. The summed E-state index contributed by atoms with van der Waals surface area (Å²) in [4.78, 5) is 19.8. The van der Waals surface area contributed by atoms with E-state index in [0.29, 0.717) is 17.0 Å². The molecule has 0 aliphatic heterocycles. The van der Waals surface area contributed by atoms with Crippen molar-refractivity contribution < 1.29 is 9.90 Å². The molecule has 0 aromatic carbocycles. The van der Waals surface area contributed by atoms with Crippen LogP contribution in [0.1, 0.15) is 32.2 Å². The number of hydrogen-bond donors (Lipinski definition) is 1. The Balaban J connectivity index is 2.08. The number of thioether (sulfide) groups is 1. The number of aliphatic carboxylic acids is 1. The molecular weight excluding hydrogens is 310 g/mol. The zero-order chi connectivity index (χ0) is 15.0. The van der Waals surface area contributed by atoms with E-state index in [2.05, 4.69) is 21.5 Å². The molecule has 2 atom stereocenters. The van der Waals surface area contributed by atoms with Crippen molar-refractivity contribution in [2.45, 2.75) is 37.4 Å². The van der Waals surface area contributed by atoms with E-state index < -0.39 is 5.97 Å². The van der Waals surface area contributed by atoms with Gasteiger partial charge in [-0.3, -0.25) is 4.79 Å². The second kappa shape index (κ2) is 5.85. The monoisotopic (exact) mass is 325 g/mol. The molecule has 2 heterocycles. The number of pyridine rings is 1. The Morgan fingerprint density at radius 3 is 3.05 bits per heavy atom. The summed E-state index contributed by atoms with van der Waals surface area (Å²) in [6.45, 7) is 2.23. The first-order chi connectivity index (χ1) is 10.1. The molecule has 0 spiro atoms. The fraction of sp³-hybridized carbons (Fsp3) is 0.500. The van der Waals surface area contributed by atoms with Crippen LogP contribution in [0.25, 0.3) is 11.2 Å². The van der Waals surface area contributed by atoms with Gasteiger partial charge in [-0.1, -0.05) is 36.7 Å². The van der Waals surface area contributed by atoms with Crippen molar-refractivity contribution in [1.29, 1.82) is 0 Å². The lowest BCUT2D eigenvalue weighted by Gasteiger charge is -2.19. The minimum absolute atomic E-state index is 0.00183. The van der Waals surface area contributed by atoms with E-state index >= 15 is 0 Å². The zero-order valence-corrected chi connectivity index (χ0v) is 13.2. The summed E-state index contributed by atoms with van der Waals surface area (Å²) < 4.78 is 2.11. The summed E-state index contributed by atoms with van der Waals surface area (Å²) in [6, 6.07) is 2.12. The molecule has 112 valence electrons. The average Bonchev–Trinajstić information content (AvgIpc) is 2.98. The summed E-state index contributed by atoms with van der Waals surface area (Å²) >= 11 is 7.23. The van der Waals surface area contributed by atoms with Crippen molar-refractivity contribution in [3.63, 3.8) is 0 Å². The molecule has 0 bridgehead atoms. The number of aromatic nitrogens is 3. The van der Waals surface area contributed by atoms with Crippen LogP contribution in [0.3, 0.4) is 0 Å². The number of hydrogen-bond acceptors (Lipinski definition) is 4. The van der Waals surface area contributed by atoms with Gasteiger partial charge in [-0.2, -0.15) is 0 Å². The number of halogens is 1. The van der Waals surface area contributed by atoms with E-state index in [0.717, 1.165) is 22.7 Å². The number of imidazole rings is 1. The second-order valence-electron chi connectivity index (χ2n) is 5.42. The molecule has 2 aromatic heterocycles. The van der Waals surface area contributed by atoms with Crippen LogP contribution in [0.5, 0.6) is 0 Å². The predicted molar refractivity (Wildman–Crippen MR) is 82.9 cm³/mol. The van der Waals surface area contributed by atoms with Gasteiger partial charge in [-0.05, 0) is 24.8 Å². The van der Waals surface area contributed by atoms with Gasteiger partial charge in [0.1, 0.15) is 5.52 Å². The van der Waals surface area contributed by atoms with Crippen LogP contribution < -0.4 is 0 Å². The molecule has 3 rings (SSSR count). The zero-order valence-electron chi connectivity index (χ0n) is 11.6. The lowest BCUT2D eigenvalue weighted by atomic mass is 10.1. The molecule has 0 saturated heterocycles. The molecule has 1 N–H and O–H groups in total.